The molecule has 1 aliphatic rings. The summed E-state index contributed by atoms with van der Waals surface area (Å²) in [5, 5.41) is 4.50. The molecule has 12 rings (SSSR count). The summed E-state index contributed by atoms with van der Waals surface area (Å²) in [4.78, 5) is 15.1. The van der Waals surface area contributed by atoms with Crippen molar-refractivity contribution in [2.75, 3.05) is 0 Å². The summed E-state index contributed by atoms with van der Waals surface area (Å²) in [6.07, 6.45) is 0. The Morgan fingerprint density at radius 2 is 0.793 bits per heavy atom. The number of aromatic nitrogens is 4. The first-order chi connectivity index (χ1) is 28.7. The topological polar surface area (TPSA) is 75.2 Å². The van der Waals surface area contributed by atoms with Crippen molar-refractivity contribution in [1.29, 1.82) is 0 Å². The number of rotatable bonds is 5. The van der Waals surface area contributed by atoms with Crippen molar-refractivity contribution in [2.24, 2.45) is 0 Å². The molecule has 7 heteroatoms. The fraction of sp³-hybridized carbons (Fsp3) is 0. The normalized spacial score (nSPS) is 12.1. The van der Waals surface area contributed by atoms with Crippen LogP contribution in [0.15, 0.2) is 186 Å². The standard InChI is InChI=1S/C51H30N4O3/c1-2-10-31(11-3-1)49-52-50(32-18-23-36(24-19-32)55-41-14-6-4-12-37(41)38-13-5-7-15-42(38)55)54-51(53-49)35-21-26-40-39-25-20-33(28-46(39)58-47(40)30-35)34-22-27-45-48(29-34)57-44-17-9-8-16-43(44)56-45/h1-30H. The molecule has 0 amide bonds. The molecule has 4 heterocycles. The van der Waals surface area contributed by atoms with Crippen molar-refractivity contribution < 1.29 is 13.9 Å². The molecule has 1 aliphatic heterocycles. The second-order valence-corrected chi connectivity index (χ2v) is 14.4. The van der Waals surface area contributed by atoms with Gasteiger partial charge in [-0.05, 0) is 96.1 Å². The minimum Gasteiger partial charge on any atom is -0.456 e. The zero-order valence-corrected chi connectivity index (χ0v) is 30.8. The van der Waals surface area contributed by atoms with E-state index in [4.69, 9.17) is 28.8 Å². The molecule has 8 aromatic carbocycles. The van der Waals surface area contributed by atoms with Crippen LogP contribution in [0.1, 0.15) is 0 Å². The molecule has 0 fully saturated rings. The maximum Gasteiger partial charge on any atom is 0.170 e. The van der Waals surface area contributed by atoms with E-state index in [1.807, 2.05) is 78.9 Å². The first kappa shape index (κ1) is 32.2. The average molecular weight is 747 g/mol. The van der Waals surface area contributed by atoms with E-state index in [-0.39, 0.29) is 0 Å². The zero-order valence-electron chi connectivity index (χ0n) is 30.8. The van der Waals surface area contributed by atoms with Gasteiger partial charge in [-0.2, -0.15) is 0 Å². The Hall–Kier alpha value is -8.03. The molecule has 58 heavy (non-hydrogen) atoms. The van der Waals surface area contributed by atoms with Gasteiger partial charge in [0.05, 0.1) is 11.0 Å². The van der Waals surface area contributed by atoms with E-state index in [0.717, 1.165) is 66.5 Å². The van der Waals surface area contributed by atoms with Crippen molar-refractivity contribution >= 4 is 43.7 Å². The quantitative estimate of drug-likeness (QED) is 0.175. The third-order valence-corrected chi connectivity index (χ3v) is 10.9. The van der Waals surface area contributed by atoms with Gasteiger partial charge in [-0.1, -0.05) is 97.1 Å². The van der Waals surface area contributed by atoms with Crippen molar-refractivity contribution in [1.82, 2.24) is 19.5 Å². The lowest BCUT2D eigenvalue weighted by molar-refractivity contribution is 0.360. The number of nitrogens with zero attached hydrogens (tertiary/aromatic N) is 4. The van der Waals surface area contributed by atoms with Crippen molar-refractivity contribution in [2.45, 2.75) is 0 Å². The van der Waals surface area contributed by atoms with Gasteiger partial charge in [-0.3, -0.25) is 0 Å². The molecule has 0 radical (unpaired) electrons. The van der Waals surface area contributed by atoms with E-state index in [1.54, 1.807) is 0 Å². The number of fused-ring (bicyclic) bond motifs is 8. The Kier molecular flexibility index (Phi) is 7.09. The SMILES string of the molecule is c1ccc(-c2nc(-c3ccc(-n4c5ccccc5c5ccccc54)cc3)nc(-c3ccc4c(c3)oc3cc(-c5ccc6c(c5)Oc5ccccc5O6)ccc34)n2)cc1. The van der Waals surface area contributed by atoms with Crippen molar-refractivity contribution in [3.63, 3.8) is 0 Å². The van der Waals surface area contributed by atoms with Gasteiger partial charge in [0.2, 0.25) is 0 Å². The summed E-state index contributed by atoms with van der Waals surface area (Å²) in [5.74, 6) is 4.53. The fourth-order valence-corrected chi connectivity index (χ4v) is 8.11. The molecule has 0 saturated carbocycles. The highest BCUT2D eigenvalue weighted by Crippen LogP contribution is 2.46. The summed E-state index contributed by atoms with van der Waals surface area (Å²) >= 11 is 0. The van der Waals surface area contributed by atoms with Crippen LogP contribution in [0, 0.1) is 0 Å². The fourth-order valence-electron chi connectivity index (χ4n) is 8.11. The molecular formula is C51H30N4O3. The maximum absolute atomic E-state index is 6.55. The summed E-state index contributed by atoms with van der Waals surface area (Å²) < 4.78 is 21.1. The summed E-state index contributed by atoms with van der Waals surface area (Å²) in [5.41, 5.74) is 9.58. The Morgan fingerprint density at radius 1 is 0.328 bits per heavy atom. The zero-order chi connectivity index (χ0) is 38.2. The van der Waals surface area contributed by atoms with E-state index in [0.29, 0.717) is 40.5 Å². The van der Waals surface area contributed by atoms with Gasteiger partial charge in [-0.15, -0.1) is 0 Å². The van der Waals surface area contributed by atoms with Crippen molar-refractivity contribution in [3.8, 4) is 74.0 Å². The van der Waals surface area contributed by atoms with Gasteiger partial charge in [0.1, 0.15) is 11.2 Å². The predicted octanol–water partition coefficient (Wildman–Crippen LogP) is 13.4. The average Bonchev–Trinajstić information content (AvgIpc) is 3.83. The largest absolute Gasteiger partial charge is 0.456 e. The van der Waals surface area contributed by atoms with E-state index in [1.165, 1.54) is 10.8 Å². The molecule has 0 unspecified atom stereocenters. The van der Waals surface area contributed by atoms with Crippen LogP contribution in [0.2, 0.25) is 0 Å². The van der Waals surface area contributed by atoms with Gasteiger partial charge >= 0.3 is 0 Å². The van der Waals surface area contributed by atoms with Crippen LogP contribution in [0.3, 0.4) is 0 Å². The van der Waals surface area contributed by atoms with Crippen LogP contribution >= 0.6 is 0 Å². The van der Waals surface area contributed by atoms with Crippen LogP contribution in [0.4, 0.5) is 0 Å². The highest BCUT2D eigenvalue weighted by molar-refractivity contribution is 6.09. The second-order valence-electron chi connectivity index (χ2n) is 14.4. The van der Waals surface area contributed by atoms with E-state index < -0.39 is 0 Å². The Morgan fingerprint density at radius 3 is 1.47 bits per heavy atom. The van der Waals surface area contributed by atoms with Gasteiger partial charge in [0, 0.05) is 43.9 Å². The van der Waals surface area contributed by atoms with Crippen LogP contribution in [-0.4, -0.2) is 19.5 Å². The lowest BCUT2D eigenvalue weighted by atomic mass is 10.0. The van der Waals surface area contributed by atoms with Gasteiger partial charge in [-0.25, -0.2) is 15.0 Å². The molecule has 0 N–H and O–H groups in total. The third kappa shape index (κ3) is 5.25. The highest BCUT2D eigenvalue weighted by atomic mass is 16.6. The minimum absolute atomic E-state index is 0.566. The first-order valence-corrected chi connectivity index (χ1v) is 19.2. The number of ether oxygens (including phenoxy) is 2. The van der Waals surface area contributed by atoms with Crippen LogP contribution in [0.5, 0.6) is 23.0 Å². The molecule has 0 saturated heterocycles. The summed E-state index contributed by atoms with van der Waals surface area (Å²) in [6.45, 7) is 0. The lowest BCUT2D eigenvalue weighted by Crippen LogP contribution is -2.00. The third-order valence-electron chi connectivity index (χ3n) is 10.9. The Bertz CT molecular complexity index is 3350. The van der Waals surface area contributed by atoms with Gasteiger partial charge in [0.15, 0.2) is 40.5 Å². The van der Waals surface area contributed by atoms with E-state index >= 15 is 0 Å². The van der Waals surface area contributed by atoms with Crippen molar-refractivity contribution in [3.05, 3.63) is 182 Å². The molecule has 272 valence electrons. The predicted molar refractivity (Wildman–Crippen MR) is 230 cm³/mol. The molecule has 0 atom stereocenters. The highest BCUT2D eigenvalue weighted by Gasteiger charge is 2.20. The summed E-state index contributed by atoms with van der Waals surface area (Å²) in [6, 6.07) is 61.7. The molecule has 0 bridgehead atoms. The molecule has 0 spiro atoms. The molecular weight excluding hydrogens is 717 g/mol. The first-order valence-electron chi connectivity index (χ1n) is 19.2. The molecule has 7 nitrogen and oxygen atoms in total. The monoisotopic (exact) mass is 746 g/mol. The maximum atomic E-state index is 6.55. The molecule has 0 aliphatic carbocycles. The number of furan rings is 1. The number of hydrogen-bond acceptors (Lipinski definition) is 6. The Labute approximate surface area is 332 Å². The smallest absolute Gasteiger partial charge is 0.170 e. The van der Waals surface area contributed by atoms with E-state index in [2.05, 4.69) is 108 Å². The minimum atomic E-state index is 0.566. The van der Waals surface area contributed by atoms with Crippen LogP contribution < -0.4 is 9.47 Å². The Balaban J connectivity index is 0.917. The number of hydrogen-bond donors (Lipinski definition) is 0. The van der Waals surface area contributed by atoms with E-state index in [9.17, 15) is 0 Å². The lowest BCUT2D eigenvalue weighted by Gasteiger charge is -2.20. The van der Waals surface area contributed by atoms with Gasteiger partial charge < -0.3 is 18.5 Å². The number of benzene rings is 8. The molecule has 11 aromatic rings. The second kappa shape index (κ2) is 12.8. The van der Waals surface area contributed by atoms with Crippen LogP contribution in [0.25, 0.3) is 94.7 Å². The van der Waals surface area contributed by atoms with Crippen LogP contribution in [-0.2, 0) is 0 Å². The molecule has 3 aromatic heterocycles. The van der Waals surface area contributed by atoms with Gasteiger partial charge in [0.25, 0.3) is 0 Å². The number of para-hydroxylation sites is 4. The summed E-state index contributed by atoms with van der Waals surface area (Å²) in [7, 11) is 0.